The first-order chi connectivity index (χ1) is 6.11. The van der Waals surface area contributed by atoms with Gasteiger partial charge in [-0.15, -0.1) is 0 Å². The molecular formula is C8H12ClNO2S. The number of nitrogens with zero attached hydrogens (tertiary/aromatic N) is 1. The minimum atomic E-state index is -0.775. The van der Waals surface area contributed by atoms with Gasteiger partial charge in [-0.2, -0.15) is 0 Å². The quantitative estimate of drug-likeness (QED) is 0.612. The van der Waals surface area contributed by atoms with Gasteiger partial charge in [0.15, 0.2) is 0 Å². The number of carbonyl (C=O) groups is 1. The molecule has 0 bridgehead atoms. The van der Waals surface area contributed by atoms with Crippen molar-refractivity contribution in [3.8, 4) is 0 Å². The van der Waals surface area contributed by atoms with E-state index >= 15 is 0 Å². The third-order valence-corrected chi connectivity index (χ3v) is 3.45. The van der Waals surface area contributed by atoms with Crippen LogP contribution in [0, 0.1) is 0 Å². The fourth-order valence-electron chi connectivity index (χ4n) is 1.22. The highest BCUT2D eigenvalue weighted by atomic mass is 35.5. The maximum absolute atomic E-state index is 11.4. The summed E-state index contributed by atoms with van der Waals surface area (Å²) in [4.78, 5) is 13.0. The van der Waals surface area contributed by atoms with E-state index in [1.807, 2.05) is 0 Å². The van der Waals surface area contributed by atoms with E-state index < -0.39 is 10.8 Å². The van der Waals surface area contributed by atoms with Gasteiger partial charge in [0.05, 0.1) is 5.03 Å². The van der Waals surface area contributed by atoms with Gasteiger partial charge in [-0.05, 0) is 6.42 Å². The van der Waals surface area contributed by atoms with Gasteiger partial charge >= 0.3 is 0 Å². The maximum Gasteiger partial charge on any atom is 0.264 e. The van der Waals surface area contributed by atoms with Gasteiger partial charge in [0, 0.05) is 35.4 Å². The summed E-state index contributed by atoms with van der Waals surface area (Å²) in [6.45, 7) is 4.54. The van der Waals surface area contributed by atoms with E-state index in [2.05, 4.69) is 6.58 Å². The number of halogens is 1. The lowest BCUT2D eigenvalue weighted by Gasteiger charge is -2.18. The van der Waals surface area contributed by atoms with E-state index in [4.69, 9.17) is 11.6 Å². The largest absolute Gasteiger partial charge is 0.337 e. The molecule has 1 heterocycles. The van der Waals surface area contributed by atoms with Crippen LogP contribution in [0.3, 0.4) is 0 Å². The van der Waals surface area contributed by atoms with Crippen molar-refractivity contribution in [2.24, 2.45) is 0 Å². The van der Waals surface area contributed by atoms with E-state index in [1.54, 1.807) is 4.90 Å². The molecule has 0 spiro atoms. The topological polar surface area (TPSA) is 37.4 Å². The average molecular weight is 222 g/mol. The van der Waals surface area contributed by atoms with Gasteiger partial charge < -0.3 is 4.90 Å². The summed E-state index contributed by atoms with van der Waals surface area (Å²) in [5.74, 6) is 0.995. The first-order valence-electron chi connectivity index (χ1n) is 4.10. The standard InChI is InChI=1S/C8H12ClNO2S/c1-7(9)8(11)10-3-2-5-13(12)6-4-10/h1-6H2. The molecule has 1 atom stereocenters. The van der Waals surface area contributed by atoms with Crippen LogP contribution >= 0.6 is 11.6 Å². The van der Waals surface area contributed by atoms with Crippen LogP contribution in [0.1, 0.15) is 6.42 Å². The predicted molar refractivity (Wildman–Crippen MR) is 54.1 cm³/mol. The van der Waals surface area contributed by atoms with Crippen molar-refractivity contribution in [2.75, 3.05) is 24.6 Å². The Morgan fingerprint density at radius 1 is 1.38 bits per heavy atom. The molecule has 1 amide bonds. The average Bonchev–Trinajstić information content (AvgIpc) is 2.28. The molecule has 1 aliphatic heterocycles. The fourth-order valence-corrected chi connectivity index (χ4v) is 2.42. The summed E-state index contributed by atoms with van der Waals surface area (Å²) >= 11 is 5.49. The number of carbonyl (C=O) groups excluding carboxylic acids is 1. The fraction of sp³-hybridized carbons (Fsp3) is 0.625. The maximum atomic E-state index is 11.4. The van der Waals surface area contributed by atoms with Gasteiger partial charge in [0.25, 0.3) is 5.91 Å². The predicted octanol–water partition coefficient (Wildman–Crippen LogP) is 0.720. The van der Waals surface area contributed by atoms with Crippen molar-refractivity contribution < 1.29 is 9.00 Å². The lowest BCUT2D eigenvalue weighted by molar-refractivity contribution is -0.126. The number of hydrogen-bond acceptors (Lipinski definition) is 2. The molecule has 1 fully saturated rings. The Morgan fingerprint density at radius 3 is 2.69 bits per heavy atom. The zero-order valence-electron chi connectivity index (χ0n) is 7.29. The lowest BCUT2D eigenvalue weighted by Crippen LogP contribution is -2.33. The molecule has 5 heteroatoms. The monoisotopic (exact) mass is 221 g/mol. The highest BCUT2D eigenvalue weighted by molar-refractivity contribution is 7.85. The zero-order chi connectivity index (χ0) is 9.84. The summed E-state index contributed by atoms with van der Waals surface area (Å²) < 4.78 is 11.1. The molecule has 0 aromatic rings. The minimum Gasteiger partial charge on any atom is -0.337 e. The number of hydrogen-bond donors (Lipinski definition) is 0. The highest BCUT2D eigenvalue weighted by Crippen LogP contribution is 2.08. The van der Waals surface area contributed by atoms with Crippen molar-refractivity contribution in [2.45, 2.75) is 6.42 Å². The molecule has 0 N–H and O–H groups in total. The van der Waals surface area contributed by atoms with E-state index in [0.29, 0.717) is 24.6 Å². The van der Waals surface area contributed by atoms with Crippen molar-refractivity contribution in [1.82, 2.24) is 4.90 Å². The van der Waals surface area contributed by atoms with Gasteiger partial charge in [-0.1, -0.05) is 18.2 Å². The molecule has 1 saturated heterocycles. The minimum absolute atomic E-state index is 0.0349. The van der Waals surface area contributed by atoms with Crippen molar-refractivity contribution in [3.63, 3.8) is 0 Å². The third-order valence-electron chi connectivity index (χ3n) is 1.91. The molecule has 1 aliphatic rings. The molecule has 13 heavy (non-hydrogen) atoms. The second kappa shape index (κ2) is 4.77. The summed E-state index contributed by atoms with van der Waals surface area (Å²) in [6.07, 6.45) is 0.780. The normalized spacial score (nSPS) is 23.8. The number of rotatable bonds is 1. The van der Waals surface area contributed by atoms with Crippen molar-refractivity contribution in [3.05, 3.63) is 11.6 Å². The van der Waals surface area contributed by atoms with Crippen LogP contribution in [-0.4, -0.2) is 39.6 Å². The molecule has 0 aliphatic carbocycles. The molecule has 74 valence electrons. The Bertz CT molecular complexity index is 255. The molecule has 0 radical (unpaired) electrons. The van der Waals surface area contributed by atoms with Crippen LogP contribution in [-0.2, 0) is 15.6 Å². The Balaban J connectivity index is 2.56. The van der Waals surface area contributed by atoms with Crippen molar-refractivity contribution >= 4 is 28.3 Å². The molecular weight excluding hydrogens is 210 g/mol. The van der Waals surface area contributed by atoms with E-state index in [0.717, 1.165) is 6.42 Å². The zero-order valence-corrected chi connectivity index (χ0v) is 8.86. The molecule has 1 rings (SSSR count). The van der Waals surface area contributed by atoms with E-state index in [-0.39, 0.29) is 10.9 Å². The lowest BCUT2D eigenvalue weighted by atomic mass is 10.4. The summed E-state index contributed by atoms with van der Waals surface area (Å²) in [6, 6.07) is 0. The Morgan fingerprint density at radius 2 is 2.08 bits per heavy atom. The second-order valence-electron chi connectivity index (χ2n) is 2.90. The van der Waals surface area contributed by atoms with Crippen LogP contribution in [0.25, 0.3) is 0 Å². The molecule has 0 aromatic heterocycles. The number of amides is 1. The van der Waals surface area contributed by atoms with E-state index in [9.17, 15) is 9.00 Å². The summed E-state index contributed by atoms with van der Waals surface area (Å²) in [5, 5.41) is 0.0349. The molecule has 3 nitrogen and oxygen atoms in total. The van der Waals surface area contributed by atoms with Gasteiger partial charge in [-0.3, -0.25) is 9.00 Å². The third kappa shape index (κ3) is 3.12. The first-order valence-corrected chi connectivity index (χ1v) is 5.96. The molecule has 0 saturated carbocycles. The molecule has 1 unspecified atom stereocenters. The SMILES string of the molecule is C=C(Cl)C(=O)N1CCCS(=O)CC1. The smallest absolute Gasteiger partial charge is 0.264 e. The van der Waals surface area contributed by atoms with Gasteiger partial charge in [0.1, 0.15) is 0 Å². The van der Waals surface area contributed by atoms with E-state index in [1.165, 1.54) is 0 Å². The Hall–Kier alpha value is -0.350. The Kier molecular flexibility index (Phi) is 3.93. The summed E-state index contributed by atoms with van der Waals surface area (Å²) in [5.41, 5.74) is 0. The van der Waals surface area contributed by atoms with Crippen LogP contribution < -0.4 is 0 Å². The van der Waals surface area contributed by atoms with Crippen LogP contribution in [0.2, 0.25) is 0 Å². The van der Waals surface area contributed by atoms with Crippen molar-refractivity contribution in [1.29, 1.82) is 0 Å². The van der Waals surface area contributed by atoms with Crippen LogP contribution in [0.4, 0.5) is 0 Å². The van der Waals surface area contributed by atoms with Crippen LogP contribution in [0.5, 0.6) is 0 Å². The van der Waals surface area contributed by atoms with Gasteiger partial charge in [0.2, 0.25) is 0 Å². The summed E-state index contributed by atoms with van der Waals surface area (Å²) in [7, 11) is -0.775. The highest BCUT2D eigenvalue weighted by Gasteiger charge is 2.18. The second-order valence-corrected chi connectivity index (χ2v) is 5.05. The Labute approximate surface area is 85.2 Å². The van der Waals surface area contributed by atoms with Crippen LogP contribution in [0.15, 0.2) is 11.6 Å². The molecule has 0 aromatic carbocycles. The van der Waals surface area contributed by atoms with Gasteiger partial charge in [-0.25, -0.2) is 0 Å². The first kappa shape index (κ1) is 10.7.